The van der Waals surface area contributed by atoms with E-state index < -0.39 is 0 Å². The molecule has 0 saturated heterocycles. The largest absolute Gasteiger partial charge is 1.00 e. The van der Waals surface area contributed by atoms with E-state index in [0.29, 0.717) is 10.7 Å². The molecular weight excluding hydrogens is 211 g/mol. The Hall–Kier alpha value is -0.600. The Bertz CT molecular complexity index is 372. The van der Waals surface area contributed by atoms with Crippen LogP contribution in [0.1, 0.15) is 5.56 Å². The molecule has 1 rings (SSSR count). The number of nitrogens with zero attached hydrogens (tertiary/aromatic N) is 3. The van der Waals surface area contributed by atoms with Gasteiger partial charge in [0, 0.05) is 5.02 Å². The fourth-order valence-electron chi connectivity index (χ4n) is 0.806. The van der Waals surface area contributed by atoms with Crippen molar-refractivity contribution in [3.8, 4) is 6.19 Å². The van der Waals surface area contributed by atoms with Crippen molar-refractivity contribution in [1.82, 2.24) is 5.43 Å². The summed E-state index contributed by atoms with van der Waals surface area (Å²) in [6, 6.07) is 5.31. The predicted molar refractivity (Wildman–Crippen MR) is 49.5 cm³/mol. The van der Waals surface area contributed by atoms with Crippen LogP contribution in [0.25, 0.3) is 0 Å². The fourth-order valence-corrected chi connectivity index (χ4v) is 0.975. The summed E-state index contributed by atoms with van der Waals surface area (Å²) >= 11 is 5.84. The van der Waals surface area contributed by atoms with Crippen molar-refractivity contribution in [3.63, 3.8) is 0 Å². The minimum absolute atomic E-state index is 0. The molecular formula is C8H7ClN4Na+. The molecule has 0 fully saturated rings. The van der Waals surface area contributed by atoms with Gasteiger partial charge in [-0.2, -0.15) is 10.7 Å². The molecule has 1 aromatic carbocycles. The van der Waals surface area contributed by atoms with Crippen LogP contribution >= 0.6 is 11.6 Å². The smallest absolute Gasteiger partial charge is 0.194 e. The molecule has 0 atom stereocenters. The molecule has 4 nitrogen and oxygen atoms in total. The van der Waals surface area contributed by atoms with Gasteiger partial charge in [0.05, 0.1) is 5.69 Å². The first-order chi connectivity index (χ1) is 6.25. The Morgan fingerprint density at radius 3 is 2.86 bits per heavy atom. The maximum Gasteiger partial charge on any atom is 1.00 e. The summed E-state index contributed by atoms with van der Waals surface area (Å²) in [6.45, 7) is 1.84. The van der Waals surface area contributed by atoms with Crippen LogP contribution in [0.4, 0.5) is 5.69 Å². The first-order valence-corrected chi connectivity index (χ1v) is 3.93. The molecule has 0 aliphatic heterocycles. The van der Waals surface area contributed by atoms with E-state index in [9.17, 15) is 0 Å². The summed E-state index contributed by atoms with van der Waals surface area (Å²) in [6.07, 6.45) is 1.63. The minimum Gasteiger partial charge on any atom is -0.194 e. The van der Waals surface area contributed by atoms with Crippen molar-refractivity contribution < 1.29 is 29.6 Å². The zero-order valence-corrected chi connectivity index (χ0v) is 10.7. The van der Waals surface area contributed by atoms with Gasteiger partial charge in [0.25, 0.3) is 0 Å². The SMILES string of the molecule is Cc1c(Cl)cccc1N=NNC#N.[Na+]. The van der Waals surface area contributed by atoms with Crippen LogP contribution in [0.15, 0.2) is 28.5 Å². The first kappa shape index (κ1) is 13.4. The number of hydrogen-bond donors (Lipinski definition) is 1. The van der Waals surface area contributed by atoms with Gasteiger partial charge in [-0.05, 0) is 24.6 Å². The van der Waals surface area contributed by atoms with Crippen LogP contribution in [0.2, 0.25) is 5.02 Å². The molecule has 0 aliphatic carbocycles. The van der Waals surface area contributed by atoms with Crippen LogP contribution in [-0.2, 0) is 0 Å². The molecule has 1 aromatic rings. The number of benzene rings is 1. The van der Waals surface area contributed by atoms with Crippen molar-refractivity contribution in [3.05, 3.63) is 28.8 Å². The molecule has 0 bridgehead atoms. The molecule has 1 N–H and O–H groups in total. The third kappa shape index (κ3) is 3.64. The van der Waals surface area contributed by atoms with Gasteiger partial charge in [-0.25, -0.2) is 0 Å². The van der Waals surface area contributed by atoms with Crippen LogP contribution in [0.3, 0.4) is 0 Å². The summed E-state index contributed by atoms with van der Waals surface area (Å²) in [5.74, 6) is 0. The van der Waals surface area contributed by atoms with Crippen LogP contribution in [-0.4, -0.2) is 0 Å². The van der Waals surface area contributed by atoms with E-state index in [1.807, 2.05) is 6.92 Å². The van der Waals surface area contributed by atoms with E-state index in [2.05, 4.69) is 15.8 Å². The first-order valence-electron chi connectivity index (χ1n) is 3.55. The maximum absolute atomic E-state index is 8.13. The molecule has 0 aliphatic rings. The van der Waals surface area contributed by atoms with Gasteiger partial charge in [0.2, 0.25) is 0 Å². The third-order valence-electron chi connectivity index (χ3n) is 1.50. The summed E-state index contributed by atoms with van der Waals surface area (Å²) in [7, 11) is 0. The molecule has 0 radical (unpaired) electrons. The number of halogens is 1. The van der Waals surface area contributed by atoms with Crippen molar-refractivity contribution in [2.45, 2.75) is 6.92 Å². The summed E-state index contributed by atoms with van der Waals surface area (Å²) in [5.41, 5.74) is 3.55. The van der Waals surface area contributed by atoms with Gasteiger partial charge in [-0.15, -0.1) is 5.11 Å². The van der Waals surface area contributed by atoms with Gasteiger partial charge in [0.1, 0.15) is 0 Å². The van der Waals surface area contributed by atoms with Crippen molar-refractivity contribution >= 4 is 17.3 Å². The average molecular weight is 218 g/mol. The number of hydrogen-bond acceptors (Lipinski definition) is 3. The summed E-state index contributed by atoms with van der Waals surface area (Å²) < 4.78 is 0. The zero-order valence-electron chi connectivity index (χ0n) is 7.95. The standard InChI is InChI=1S/C8H7ClN4.Na/c1-6-7(9)3-2-4-8(6)12-13-11-5-10;/h2-4H,1H3,(H,11,12);/q;+1. The normalized spacial score (nSPS) is 9.21. The molecule has 0 unspecified atom stereocenters. The second-order valence-electron chi connectivity index (χ2n) is 2.31. The molecule has 6 heteroatoms. The van der Waals surface area contributed by atoms with E-state index in [1.54, 1.807) is 24.4 Å². The zero-order chi connectivity index (χ0) is 9.68. The Balaban J connectivity index is 0.00000169. The molecule has 0 amide bonds. The number of nitriles is 1. The predicted octanol–water partition coefficient (Wildman–Crippen LogP) is -0.278. The van der Waals surface area contributed by atoms with Crippen LogP contribution in [0, 0.1) is 18.4 Å². The Kier molecular flexibility index (Phi) is 6.50. The topological polar surface area (TPSA) is 60.5 Å². The maximum atomic E-state index is 8.13. The van der Waals surface area contributed by atoms with Gasteiger partial charge in [-0.1, -0.05) is 22.9 Å². The molecule has 0 spiro atoms. The summed E-state index contributed by atoms with van der Waals surface area (Å²) in [5, 5.41) is 15.9. The Morgan fingerprint density at radius 2 is 2.21 bits per heavy atom. The average Bonchev–Trinajstić information content (AvgIpc) is 2.13. The molecule has 0 aromatic heterocycles. The molecule has 66 valence electrons. The van der Waals surface area contributed by atoms with Gasteiger partial charge >= 0.3 is 29.6 Å². The van der Waals surface area contributed by atoms with Gasteiger partial charge in [0.15, 0.2) is 6.19 Å². The second-order valence-corrected chi connectivity index (χ2v) is 2.71. The monoisotopic (exact) mass is 217 g/mol. The minimum atomic E-state index is 0. The third-order valence-corrected chi connectivity index (χ3v) is 1.91. The van der Waals surface area contributed by atoms with E-state index in [1.165, 1.54) is 0 Å². The van der Waals surface area contributed by atoms with E-state index in [-0.39, 0.29) is 29.6 Å². The fraction of sp³-hybridized carbons (Fsp3) is 0.125. The van der Waals surface area contributed by atoms with Crippen LogP contribution < -0.4 is 35.0 Å². The van der Waals surface area contributed by atoms with Gasteiger partial charge in [-0.3, -0.25) is 0 Å². The summed E-state index contributed by atoms with van der Waals surface area (Å²) in [4.78, 5) is 0. The Labute approximate surface area is 109 Å². The molecule has 14 heavy (non-hydrogen) atoms. The molecule has 0 saturated carbocycles. The quantitative estimate of drug-likeness (QED) is 0.244. The van der Waals surface area contributed by atoms with E-state index in [0.717, 1.165) is 5.56 Å². The van der Waals surface area contributed by atoms with Crippen molar-refractivity contribution in [2.75, 3.05) is 0 Å². The number of nitrogens with one attached hydrogen (secondary N) is 1. The van der Waals surface area contributed by atoms with E-state index in [4.69, 9.17) is 16.9 Å². The Morgan fingerprint density at radius 1 is 1.50 bits per heavy atom. The number of rotatable bonds is 2. The molecule has 0 heterocycles. The van der Waals surface area contributed by atoms with E-state index >= 15 is 0 Å². The second kappa shape index (κ2) is 6.80. The van der Waals surface area contributed by atoms with Crippen molar-refractivity contribution in [1.29, 1.82) is 5.26 Å². The van der Waals surface area contributed by atoms with Gasteiger partial charge < -0.3 is 0 Å². The van der Waals surface area contributed by atoms with Crippen molar-refractivity contribution in [2.24, 2.45) is 10.3 Å². The van der Waals surface area contributed by atoms with Crippen LogP contribution in [0.5, 0.6) is 0 Å².